The molecule has 0 spiro atoms. The number of piperidine rings is 1. The highest BCUT2D eigenvalue weighted by Crippen LogP contribution is 2.51. The van der Waals surface area contributed by atoms with Gasteiger partial charge in [0.15, 0.2) is 11.5 Å². The van der Waals surface area contributed by atoms with E-state index in [4.69, 9.17) is 4.74 Å². The number of carbonyl (C=O) groups is 1. The molecule has 33 heavy (non-hydrogen) atoms. The van der Waals surface area contributed by atoms with E-state index in [1.165, 1.54) is 12.5 Å². The largest absolute Gasteiger partial charge is 0.504 e. The van der Waals surface area contributed by atoms with Crippen LogP contribution in [-0.4, -0.2) is 77.5 Å². The minimum atomic E-state index is -0.582. The van der Waals surface area contributed by atoms with Gasteiger partial charge in [-0.1, -0.05) is 12.1 Å². The van der Waals surface area contributed by atoms with Gasteiger partial charge in [-0.15, -0.1) is 0 Å². The third kappa shape index (κ3) is 3.97. The Morgan fingerprint density at radius 1 is 1.15 bits per heavy atom. The molecule has 0 radical (unpaired) electrons. The van der Waals surface area contributed by atoms with Gasteiger partial charge in [0.1, 0.15) is 6.29 Å². The van der Waals surface area contributed by atoms with Gasteiger partial charge < -0.3 is 45.1 Å². The van der Waals surface area contributed by atoms with Gasteiger partial charge in [0.25, 0.3) is 0 Å². The Morgan fingerprint density at radius 3 is 2.55 bits per heavy atom. The number of rotatable bonds is 8. The number of phenols is 4. The lowest BCUT2D eigenvalue weighted by Gasteiger charge is -2.38. The van der Waals surface area contributed by atoms with Crippen molar-refractivity contribution in [1.82, 2.24) is 4.90 Å². The van der Waals surface area contributed by atoms with Crippen LogP contribution in [0.5, 0.6) is 28.7 Å². The van der Waals surface area contributed by atoms with E-state index in [0.29, 0.717) is 24.9 Å². The molecule has 1 saturated heterocycles. The minimum absolute atomic E-state index is 0.0119. The average molecular weight is 458 g/mol. The monoisotopic (exact) mass is 457 g/mol. The summed E-state index contributed by atoms with van der Waals surface area (Å²) in [5.74, 6) is -2.19. The van der Waals surface area contributed by atoms with E-state index in [0.717, 1.165) is 43.7 Å². The SMILES string of the molecule is CNc1cccc2c1N(CC=O)C1CCN(CCCOc3c(O)c(O)c(C)c(O)c3O)CC21. The molecule has 4 rings (SSSR count). The van der Waals surface area contributed by atoms with Crippen molar-refractivity contribution in [3.05, 3.63) is 29.3 Å². The zero-order chi connectivity index (χ0) is 23.7. The van der Waals surface area contributed by atoms with Gasteiger partial charge in [-0.25, -0.2) is 0 Å². The first-order chi connectivity index (χ1) is 15.9. The van der Waals surface area contributed by atoms with E-state index in [1.807, 2.05) is 19.2 Å². The molecule has 9 nitrogen and oxygen atoms in total. The number of hydrogen-bond acceptors (Lipinski definition) is 9. The van der Waals surface area contributed by atoms with E-state index < -0.39 is 23.0 Å². The van der Waals surface area contributed by atoms with Crippen molar-refractivity contribution in [2.24, 2.45) is 0 Å². The molecule has 0 amide bonds. The Labute approximate surface area is 192 Å². The van der Waals surface area contributed by atoms with Gasteiger partial charge in [0.05, 0.1) is 24.5 Å². The summed E-state index contributed by atoms with van der Waals surface area (Å²) in [6.07, 6.45) is 2.54. The Bertz CT molecular complexity index is 1010. The Hall–Kier alpha value is -3.33. The molecule has 1 fully saturated rings. The molecule has 0 saturated carbocycles. The number of aldehydes is 1. The Balaban J connectivity index is 1.39. The summed E-state index contributed by atoms with van der Waals surface area (Å²) in [6.45, 7) is 4.47. The number of benzene rings is 2. The summed E-state index contributed by atoms with van der Waals surface area (Å²) in [4.78, 5) is 15.9. The van der Waals surface area contributed by atoms with E-state index in [2.05, 4.69) is 21.2 Å². The smallest absolute Gasteiger partial charge is 0.211 e. The maximum Gasteiger partial charge on any atom is 0.211 e. The Morgan fingerprint density at radius 2 is 1.88 bits per heavy atom. The topological polar surface area (TPSA) is 126 Å². The highest BCUT2D eigenvalue weighted by atomic mass is 16.5. The number of nitrogens with one attached hydrogen (secondary N) is 1. The predicted octanol–water partition coefficient (Wildman–Crippen LogP) is 2.51. The molecule has 2 aromatic rings. The molecular formula is C24H31N3O6. The standard InChI is InChI=1S/C24H31N3O6/c1-14-20(29)22(31)24(23(32)21(14)30)33-12-4-8-26-9-7-18-16(13-26)15-5-3-6-17(25-2)19(15)27(18)10-11-28/h3,5-6,11,16,18,25,29-32H,4,7-10,12-13H2,1-2H3. The lowest BCUT2D eigenvalue weighted by molar-refractivity contribution is -0.106. The average Bonchev–Trinajstić information content (AvgIpc) is 3.14. The summed E-state index contributed by atoms with van der Waals surface area (Å²) in [5.41, 5.74) is 3.40. The van der Waals surface area contributed by atoms with Gasteiger partial charge in [-0.2, -0.15) is 0 Å². The number of aromatic hydroxyl groups is 4. The van der Waals surface area contributed by atoms with E-state index in [9.17, 15) is 25.2 Å². The second kappa shape index (κ2) is 9.27. The van der Waals surface area contributed by atoms with Crippen LogP contribution in [0.1, 0.15) is 29.9 Å². The van der Waals surface area contributed by atoms with Gasteiger partial charge in [0, 0.05) is 44.2 Å². The van der Waals surface area contributed by atoms with Gasteiger partial charge in [-0.3, -0.25) is 0 Å². The van der Waals surface area contributed by atoms with Crippen molar-refractivity contribution in [3.63, 3.8) is 0 Å². The van der Waals surface area contributed by atoms with Crippen molar-refractivity contribution in [2.45, 2.75) is 31.7 Å². The van der Waals surface area contributed by atoms with Crippen LogP contribution in [-0.2, 0) is 4.79 Å². The number of ether oxygens (including phenoxy) is 1. The highest BCUT2D eigenvalue weighted by Gasteiger charge is 2.42. The summed E-state index contributed by atoms with van der Waals surface area (Å²) in [7, 11) is 1.89. The molecule has 0 bridgehead atoms. The van der Waals surface area contributed by atoms with Crippen LogP contribution in [0.4, 0.5) is 11.4 Å². The van der Waals surface area contributed by atoms with Crippen molar-refractivity contribution >= 4 is 17.7 Å². The summed E-state index contributed by atoms with van der Waals surface area (Å²) < 4.78 is 5.50. The molecule has 178 valence electrons. The van der Waals surface area contributed by atoms with Crippen LogP contribution in [0.3, 0.4) is 0 Å². The zero-order valence-corrected chi connectivity index (χ0v) is 18.9. The molecule has 2 aliphatic heterocycles. The minimum Gasteiger partial charge on any atom is -0.504 e. The third-order valence-corrected chi connectivity index (χ3v) is 6.81. The number of para-hydroxylation sites is 1. The van der Waals surface area contributed by atoms with Crippen LogP contribution < -0.4 is 15.0 Å². The molecule has 5 N–H and O–H groups in total. The fourth-order valence-corrected chi connectivity index (χ4v) is 5.14. The fourth-order valence-electron chi connectivity index (χ4n) is 5.14. The van der Waals surface area contributed by atoms with Crippen molar-refractivity contribution in [1.29, 1.82) is 0 Å². The molecule has 2 aliphatic rings. The maximum atomic E-state index is 11.4. The number of phenolic OH excluding ortho intramolecular Hbond substituents is 4. The first-order valence-corrected chi connectivity index (χ1v) is 11.2. The molecule has 2 heterocycles. The maximum absolute atomic E-state index is 11.4. The third-order valence-electron chi connectivity index (χ3n) is 6.81. The van der Waals surface area contributed by atoms with E-state index in [-0.39, 0.29) is 17.9 Å². The van der Waals surface area contributed by atoms with Crippen LogP contribution >= 0.6 is 0 Å². The second-order valence-corrected chi connectivity index (χ2v) is 8.63. The molecule has 0 aromatic heterocycles. The van der Waals surface area contributed by atoms with Crippen LogP contribution in [0.15, 0.2) is 18.2 Å². The number of hydrogen-bond donors (Lipinski definition) is 5. The number of likely N-dealkylation sites (tertiary alicyclic amines) is 1. The van der Waals surface area contributed by atoms with Gasteiger partial charge in [0.2, 0.25) is 17.2 Å². The van der Waals surface area contributed by atoms with Crippen molar-refractivity contribution in [2.75, 3.05) is 50.1 Å². The number of carbonyl (C=O) groups excluding carboxylic acids is 1. The molecule has 0 aliphatic carbocycles. The predicted molar refractivity (Wildman–Crippen MR) is 125 cm³/mol. The lowest BCUT2D eigenvalue weighted by atomic mass is 9.89. The van der Waals surface area contributed by atoms with Crippen LogP contribution in [0.2, 0.25) is 0 Å². The highest BCUT2D eigenvalue weighted by molar-refractivity contribution is 5.80. The Kier molecular flexibility index (Phi) is 6.42. The van der Waals surface area contributed by atoms with Crippen molar-refractivity contribution < 1.29 is 30.0 Å². The molecular weight excluding hydrogens is 426 g/mol. The van der Waals surface area contributed by atoms with Crippen molar-refractivity contribution in [3.8, 4) is 28.7 Å². The molecule has 2 atom stereocenters. The molecule has 2 unspecified atom stereocenters. The molecule has 2 aromatic carbocycles. The van der Waals surface area contributed by atoms with Gasteiger partial charge >= 0.3 is 0 Å². The first-order valence-electron chi connectivity index (χ1n) is 11.2. The van der Waals surface area contributed by atoms with Crippen LogP contribution in [0, 0.1) is 6.92 Å². The summed E-state index contributed by atoms with van der Waals surface area (Å²) in [5, 5.41) is 43.1. The number of fused-ring (bicyclic) bond motifs is 3. The summed E-state index contributed by atoms with van der Waals surface area (Å²) in [6, 6.07) is 6.52. The normalized spacial score (nSPS) is 19.8. The van der Waals surface area contributed by atoms with E-state index >= 15 is 0 Å². The zero-order valence-electron chi connectivity index (χ0n) is 18.9. The second-order valence-electron chi connectivity index (χ2n) is 8.63. The van der Waals surface area contributed by atoms with Gasteiger partial charge in [-0.05, 0) is 31.4 Å². The summed E-state index contributed by atoms with van der Waals surface area (Å²) >= 11 is 0. The van der Waals surface area contributed by atoms with Crippen LogP contribution in [0.25, 0.3) is 0 Å². The molecule has 9 heteroatoms. The number of anilines is 2. The lowest BCUT2D eigenvalue weighted by Crippen LogP contribution is -2.47. The van der Waals surface area contributed by atoms with E-state index in [1.54, 1.807) is 0 Å². The fraction of sp³-hybridized carbons (Fsp3) is 0.458. The quantitative estimate of drug-likeness (QED) is 0.176. The number of nitrogens with zero attached hydrogens (tertiary/aromatic N) is 2. The first kappa shape index (κ1) is 22.8.